The summed E-state index contributed by atoms with van der Waals surface area (Å²) < 4.78 is 0. The Labute approximate surface area is 84.1 Å². The molecule has 0 aliphatic rings. The molecule has 1 radical (unpaired) electrons. The Balaban J connectivity index is 2.96. The average Bonchev–Trinajstić information content (AvgIpc) is 2.16. The Kier molecular flexibility index (Phi) is 9.32. The van der Waals surface area contributed by atoms with E-state index in [1.54, 1.807) is 0 Å². The fraction of sp³-hybridized carbons (Fsp3) is 0.769. The number of terminal acetylenes is 1. The van der Waals surface area contributed by atoms with E-state index in [1.165, 1.54) is 44.9 Å². The van der Waals surface area contributed by atoms with Gasteiger partial charge in [0.25, 0.3) is 0 Å². The van der Waals surface area contributed by atoms with Gasteiger partial charge in [-0.15, -0.1) is 12.3 Å². The van der Waals surface area contributed by atoms with Crippen molar-refractivity contribution in [3.05, 3.63) is 6.92 Å². The van der Waals surface area contributed by atoms with Crippen molar-refractivity contribution in [2.24, 2.45) is 5.92 Å². The lowest BCUT2D eigenvalue weighted by Crippen LogP contribution is -1.90. The Morgan fingerprint density at radius 2 is 1.62 bits per heavy atom. The van der Waals surface area contributed by atoms with Crippen molar-refractivity contribution in [2.75, 3.05) is 0 Å². The second-order valence-corrected chi connectivity index (χ2v) is 3.77. The third-order valence-electron chi connectivity index (χ3n) is 2.39. The number of rotatable bonds is 8. The van der Waals surface area contributed by atoms with Crippen LogP contribution in [0.4, 0.5) is 0 Å². The molecular weight excluding hydrogens is 156 g/mol. The zero-order valence-electron chi connectivity index (χ0n) is 9.02. The van der Waals surface area contributed by atoms with E-state index in [-0.39, 0.29) is 5.92 Å². The topological polar surface area (TPSA) is 0 Å². The highest BCUT2D eigenvalue weighted by atomic mass is 14.0. The van der Waals surface area contributed by atoms with Crippen molar-refractivity contribution in [1.82, 2.24) is 0 Å². The Morgan fingerprint density at radius 3 is 2.15 bits per heavy atom. The van der Waals surface area contributed by atoms with Gasteiger partial charge in [0.2, 0.25) is 0 Å². The normalized spacial score (nSPS) is 12.4. The van der Waals surface area contributed by atoms with Crippen molar-refractivity contribution in [2.45, 2.75) is 58.3 Å². The van der Waals surface area contributed by atoms with Crippen LogP contribution in [0, 0.1) is 25.2 Å². The lowest BCUT2D eigenvalue weighted by atomic mass is 10.0. The molecule has 0 bridgehead atoms. The summed E-state index contributed by atoms with van der Waals surface area (Å²) in [6.07, 6.45) is 15.8. The minimum absolute atomic E-state index is 0.232. The second-order valence-electron chi connectivity index (χ2n) is 3.77. The SMILES string of the molecule is C#CC([CH2])CCCCCCCCC. The van der Waals surface area contributed by atoms with E-state index < -0.39 is 0 Å². The van der Waals surface area contributed by atoms with Crippen LogP contribution >= 0.6 is 0 Å². The maximum absolute atomic E-state index is 5.24. The smallest absolute Gasteiger partial charge is 0.0200 e. The molecule has 0 aromatic heterocycles. The third-order valence-corrected chi connectivity index (χ3v) is 2.39. The van der Waals surface area contributed by atoms with E-state index in [0.717, 1.165) is 6.42 Å². The molecule has 0 rings (SSSR count). The highest BCUT2D eigenvalue weighted by Crippen LogP contribution is 2.11. The van der Waals surface area contributed by atoms with Crippen LogP contribution in [0.1, 0.15) is 58.3 Å². The molecule has 0 amide bonds. The molecule has 0 aliphatic heterocycles. The van der Waals surface area contributed by atoms with Crippen molar-refractivity contribution >= 4 is 0 Å². The predicted molar refractivity (Wildman–Crippen MR) is 60.3 cm³/mol. The Hall–Kier alpha value is -0.440. The van der Waals surface area contributed by atoms with E-state index in [9.17, 15) is 0 Å². The summed E-state index contributed by atoms with van der Waals surface area (Å²) in [6.45, 7) is 6.12. The first-order valence-corrected chi connectivity index (χ1v) is 5.60. The zero-order chi connectivity index (χ0) is 9.94. The first-order valence-electron chi connectivity index (χ1n) is 5.60. The van der Waals surface area contributed by atoms with Gasteiger partial charge in [-0.05, 0) is 13.3 Å². The minimum atomic E-state index is 0.232. The van der Waals surface area contributed by atoms with Crippen molar-refractivity contribution in [3.8, 4) is 12.3 Å². The van der Waals surface area contributed by atoms with Gasteiger partial charge in [-0.1, -0.05) is 51.9 Å². The van der Waals surface area contributed by atoms with Gasteiger partial charge in [-0.2, -0.15) is 0 Å². The van der Waals surface area contributed by atoms with Crippen LogP contribution in [0.3, 0.4) is 0 Å². The van der Waals surface area contributed by atoms with Crippen LogP contribution < -0.4 is 0 Å². The molecule has 0 fully saturated rings. The molecule has 0 N–H and O–H groups in total. The van der Waals surface area contributed by atoms with Gasteiger partial charge in [0, 0.05) is 5.92 Å². The maximum atomic E-state index is 5.24. The minimum Gasteiger partial charge on any atom is -0.120 e. The molecule has 75 valence electrons. The first-order chi connectivity index (χ1) is 6.31. The molecule has 0 aromatic rings. The standard InChI is InChI=1S/C13H23/c1-4-6-7-8-9-10-11-12-13(3)5-2/h2,13H,3-4,6-12H2,1H3. The van der Waals surface area contributed by atoms with Crippen molar-refractivity contribution < 1.29 is 0 Å². The highest BCUT2D eigenvalue weighted by molar-refractivity contribution is 4.93. The quantitative estimate of drug-likeness (QED) is 0.387. The van der Waals surface area contributed by atoms with E-state index in [2.05, 4.69) is 19.8 Å². The monoisotopic (exact) mass is 179 g/mol. The fourth-order valence-electron chi connectivity index (χ4n) is 1.43. The Morgan fingerprint density at radius 1 is 1.08 bits per heavy atom. The van der Waals surface area contributed by atoms with Crippen LogP contribution in [0.15, 0.2) is 0 Å². The van der Waals surface area contributed by atoms with Crippen LogP contribution in [0.2, 0.25) is 0 Å². The molecule has 0 aliphatic carbocycles. The van der Waals surface area contributed by atoms with Gasteiger partial charge in [-0.3, -0.25) is 0 Å². The van der Waals surface area contributed by atoms with Gasteiger partial charge in [-0.25, -0.2) is 0 Å². The van der Waals surface area contributed by atoms with Crippen LogP contribution in [-0.4, -0.2) is 0 Å². The average molecular weight is 179 g/mol. The maximum Gasteiger partial charge on any atom is 0.0200 e. The number of hydrogen-bond donors (Lipinski definition) is 0. The molecule has 13 heavy (non-hydrogen) atoms. The zero-order valence-corrected chi connectivity index (χ0v) is 9.02. The summed E-state index contributed by atoms with van der Waals surface area (Å²) >= 11 is 0. The largest absolute Gasteiger partial charge is 0.120 e. The van der Waals surface area contributed by atoms with E-state index in [4.69, 9.17) is 6.42 Å². The lowest BCUT2D eigenvalue weighted by molar-refractivity contribution is 0.558. The van der Waals surface area contributed by atoms with Gasteiger partial charge in [0.05, 0.1) is 0 Å². The molecule has 0 heteroatoms. The summed E-state index contributed by atoms with van der Waals surface area (Å²) in [7, 11) is 0. The van der Waals surface area contributed by atoms with Gasteiger partial charge < -0.3 is 0 Å². The molecule has 0 heterocycles. The summed E-state index contributed by atoms with van der Waals surface area (Å²) in [6, 6.07) is 0. The second kappa shape index (κ2) is 9.65. The molecule has 1 atom stereocenters. The Bertz CT molecular complexity index is 129. The lowest BCUT2D eigenvalue weighted by Gasteiger charge is -2.03. The van der Waals surface area contributed by atoms with Crippen LogP contribution in [0.25, 0.3) is 0 Å². The van der Waals surface area contributed by atoms with Crippen LogP contribution in [-0.2, 0) is 0 Å². The first kappa shape index (κ1) is 12.6. The molecule has 0 saturated carbocycles. The van der Waals surface area contributed by atoms with Crippen LogP contribution in [0.5, 0.6) is 0 Å². The number of hydrogen-bond acceptors (Lipinski definition) is 0. The van der Waals surface area contributed by atoms with Gasteiger partial charge in [0.1, 0.15) is 0 Å². The van der Waals surface area contributed by atoms with E-state index >= 15 is 0 Å². The van der Waals surface area contributed by atoms with E-state index in [1.807, 2.05) is 0 Å². The molecule has 0 aromatic carbocycles. The van der Waals surface area contributed by atoms with E-state index in [0.29, 0.717) is 0 Å². The fourth-order valence-corrected chi connectivity index (χ4v) is 1.43. The summed E-state index contributed by atoms with van der Waals surface area (Å²) in [4.78, 5) is 0. The summed E-state index contributed by atoms with van der Waals surface area (Å²) in [5.74, 6) is 2.90. The van der Waals surface area contributed by atoms with Crippen molar-refractivity contribution in [1.29, 1.82) is 0 Å². The molecule has 1 unspecified atom stereocenters. The molecule has 0 spiro atoms. The van der Waals surface area contributed by atoms with Crippen molar-refractivity contribution in [3.63, 3.8) is 0 Å². The predicted octanol–water partition coefficient (Wildman–Crippen LogP) is 4.21. The van der Waals surface area contributed by atoms with Gasteiger partial charge in [0.15, 0.2) is 0 Å². The molecule has 0 nitrogen and oxygen atoms in total. The summed E-state index contributed by atoms with van der Waals surface area (Å²) in [5, 5.41) is 0. The molecule has 0 saturated heterocycles. The highest BCUT2D eigenvalue weighted by Gasteiger charge is 1.96. The third kappa shape index (κ3) is 9.47. The summed E-state index contributed by atoms with van der Waals surface area (Å²) in [5.41, 5.74) is 0. The van der Waals surface area contributed by atoms with Gasteiger partial charge >= 0.3 is 0 Å². The number of unbranched alkanes of at least 4 members (excludes halogenated alkanes) is 6. The molecular formula is C13H23.